The van der Waals surface area contributed by atoms with Gasteiger partial charge in [-0.1, -0.05) is 25.5 Å². The van der Waals surface area contributed by atoms with Crippen molar-refractivity contribution in [3.8, 4) is 0 Å². The Morgan fingerprint density at radius 1 is 1.25 bits per heavy atom. The highest BCUT2D eigenvalue weighted by Gasteiger charge is 2.16. The van der Waals surface area contributed by atoms with Crippen LogP contribution in [0.1, 0.15) is 43.9 Å². The molecule has 0 saturated heterocycles. The molecular weight excluding hydrogens is 354 g/mol. The van der Waals surface area contributed by atoms with Crippen molar-refractivity contribution in [3.05, 3.63) is 64.5 Å². The molecule has 1 atom stereocenters. The average molecular weight is 377 g/mol. The summed E-state index contributed by atoms with van der Waals surface area (Å²) in [5.74, 6) is 0.661. The molecule has 3 heterocycles. The quantitative estimate of drug-likeness (QED) is 0.660. The van der Waals surface area contributed by atoms with Crippen molar-refractivity contribution in [2.24, 2.45) is 5.92 Å². The van der Waals surface area contributed by atoms with Crippen LogP contribution in [-0.4, -0.2) is 30.2 Å². The molecule has 7 nitrogen and oxygen atoms in total. The smallest absolute Gasteiger partial charge is 0.267 e. The molecule has 1 aliphatic carbocycles. The van der Waals surface area contributed by atoms with Crippen molar-refractivity contribution in [2.75, 3.05) is 0 Å². The van der Waals surface area contributed by atoms with Gasteiger partial charge in [-0.05, 0) is 48.4 Å². The van der Waals surface area contributed by atoms with E-state index in [9.17, 15) is 9.59 Å². The molecule has 0 amide bonds. The van der Waals surface area contributed by atoms with Crippen LogP contribution in [0.2, 0.25) is 0 Å². The molecule has 0 fully saturated rings. The van der Waals surface area contributed by atoms with Gasteiger partial charge in [-0.15, -0.1) is 0 Å². The number of allylic oxidation sites excluding steroid dienone is 2. The first kappa shape index (κ1) is 18.3. The molecule has 3 aromatic rings. The second kappa shape index (κ2) is 7.88. The van der Waals surface area contributed by atoms with Crippen LogP contribution in [0.3, 0.4) is 0 Å². The molecule has 0 N–H and O–H groups in total. The molecule has 0 saturated carbocycles. The Morgan fingerprint density at radius 3 is 2.93 bits per heavy atom. The van der Waals surface area contributed by atoms with E-state index in [1.807, 2.05) is 12.1 Å². The van der Waals surface area contributed by atoms with Gasteiger partial charge in [0.05, 0.1) is 5.69 Å². The van der Waals surface area contributed by atoms with E-state index in [1.165, 1.54) is 29.1 Å². The molecule has 3 aromatic heterocycles. The van der Waals surface area contributed by atoms with Crippen LogP contribution < -0.4 is 5.56 Å². The Morgan fingerprint density at radius 2 is 2.14 bits per heavy atom. The van der Waals surface area contributed by atoms with Crippen molar-refractivity contribution in [1.82, 2.24) is 24.4 Å². The Hall–Kier alpha value is -3.09. The molecule has 0 aromatic carbocycles. The van der Waals surface area contributed by atoms with Gasteiger partial charge in [0.1, 0.15) is 12.9 Å². The number of carbonyl (C=O) groups excluding carboxylic acids is 1. The molecule has 7 heteroatoms. The summed E-state index contributed by atoms with van der Waals surface area (Å²) < 4.78 is 2.91. The topological polar surface area (TPSA) is 82.1 Å². The number of ketones is 1. The Balaban J connectivity index is 1.48. The van der Waals surface area contributed by atoms with E-state index in [2.05, 4.69) is 28.2 Å². The number of Topliss-reactive ketones (excluding diaryl/α,β-unsaturated/α-hetero) is 1. The van der Waals surface area contributed by atoms with Crippen LogP contribution in [0, 0.1) is 5.92 Å². The van der Waals surface area contributed by atoms with Gasteiger partial charge in [0.15, 0.2) is 11.4 Å². The second-order valence-electron chi connectivity index (χ2n) is 7.31. The van der Waals surface area contributed by atoms with Crippen LogP contribution in [0.25, 0.3) is 11.2 Å². The van der Waals surface area contributed by atoms with Crippen molar-refractivity contribution >= 4 is 17.0 Å². The summed E-state index contributed by atoms with van der Waals surface area (Å²) in [4.78, 5) is 28.8. The molecule has 0 aliphatic heterocycles. The number of rotatable bonds is 6. The van der Waals surface area contributed by atoms with Crippen LogP contribution in [0.4, 0.5) is 0 Å². The van der Waals surface area contributed by atoms with Crippen LogP contribution in [-0.2, 0) is 17.8 Å². The number of hydrogen-bond donors (Lipinski definition) is 0. The van der Waals surface area contributed by atoms with E-state index in [1.54, 1.807) is 16.8 Å². The van der Waals surface area contributed by atoms with E-state index in [-0.39, 0.29) is 24.3 Å². The first-order chi connectivity index (χ1) is 13.6. The third kappa shape index (κ3) is 3.93. The largest absolute Gasteiger partial charge is 0.297 e. The molecule has 0 spiro atoms. The number of fused-ring (bicyclic) bond motifs is 1. The highest BCUT2D eigenvalue weighted by Crippen LogP contribution is 2.30. The minimum absolute atomic E-state index is 0.0348. The molecule has 0 bridgehead atoms. The van der Waals surface area contributed by atoms with Crippen LogP contribution in [0.5, 0.6) is 0 Å². The van der Waals surface area contributed by atoms with Gasteiger partial charge in [-0.25, -0.2) is 14.2 Å². The zero-order valence-corrected chi connectivity index (χ0v) is 15.9. The third-order valence-electron chi connectivity index (χ3n) is 5.36. The Labute approximate surface area is 162 Å². The Bertz CT molecular complexity index is 1100. The standard InChI is InChI=1S/C21H23N5O2/c1-2-15-3-6-17(7-4-15)19-8-10-21(28)26(24-19)13-18(27)11-16-5-9-20-22-14-23-25(20)12-16/h5-6,8-10,12,14-15H,2-4,7,11,13H2,1H3. The fraction of sp³-hybridized carbons (Fsp3) is 0.381. The molecule has 1 unspecified atom stereocenters. The maximum absolute atomic E-state index is 12.5. The normalized spacial score (nSPS) is 16.9. The highest BCUT2D eigenvalue weighted by molar-refractivity contribution is 5.80. The summed E-state index contributed by atoms with van der Waals surface area (Å²) in [5.41, 5.74) is 3.26. The monoisotopic (exact) mass is 377 g/mol. The lowest BCUT2D eigenvalue weighted by Crippen LogP contribution is -2.27. The van der Waals surface area contributed by atoms with Gasteiger partial charge in [0.25, 0.3) is 5.56 Å². The molecule has 4 rings (SSSR count). The van der Waals surface area contributed by atoms with E-state index < -0.39 is 0 Å². The van der Waals surface area contributed by atoms with E-state index in [4.69, 9.17) is 0 Å². The minimum atomic E-state index is -0.258. The maximum atomic E-state index is 12.5. The van der Waals surface area contributed by atoms with Gasteiger partial charge in [-0.2, -0.15) is 10.2 Å². The SMILES string of the molecule is CCC1CC=C(c2ccc(=O)n(CC(=O)Cc3ccc4ncnn4c3)n2)CC1. The van der Waals surface area contributed by atoms with Crippen LogP contribution >= 0.6 is 0 Å². The summed E-state index contributed by atoms with van der Waals surface area (Å²) in [6, 6.07) is 6.94. The first-order valence-corrected chi connectivity index (χ1v) is 9.70. The molecule has 0 radical (unpaired) electrons. The zero-order chi connectivity index (χ0) is 19.5. The van der Waals surface area contributed by atoms with Crippen molar-refractivity contribution < 1.29 is 4.79 Å². The third-order valence-corrected chi connectivity index (χ3v) is 5.36. The first-order valence-electron chi connectivity index (χ1n) is 9.70. The summed E-state index contributed by atoms with van der Waals surface area (Å²) in [5, 5.41) is 8.54. The minimum Gasteiger partial charge on any atom is -0.297 e. The molecule has 28 heavy (non-hydrogen) atoms. The lowest BCUT2D eigenvalue weighted by Gasteiger charge is -2.20. The number of carbonyl (C=O) groups is 1. The van der Waals surface area contributed by atoms with Gasteiger partial charge in [-0.3, -0.25) is 9.59 Å². The molecule has 144 valence electrons. The van der Waals surface area contributed by atoms with E-state index in [0.717, 1.165) is 42.1 Å². The van der Waals surface area contributed by atoms with Gasteiger partial charge in [0.2, 0.25) is 0 Å². The summed E-state index contributed by atoms with van der Waals surface area (Å²) in [7, 11) is 0. The Kier molecular flexibility index (Phi) is 5.14. The predicted octanol–water partition coefficient (Wildman–Crippen LogP) is 2.69. The van der Waals surface area contributed by atoms with Gasteiger partial charge >= 0.3 is 0 Å². The lowest BCUT2D eigenvalue weighted by molar-refractivity contribution is -0.119. The maximum Gasteiger partial charge on any atom is 0.267 e. The van der Waals surface area contributed by atoms with E-state index >= 15 is 0 Å². The van der Waals surface area contributed by atoms with Gasteiger partial charge in [0, 0.05) is 18.7 Å². The molecular formula is C21H23N5O2. The van der Waals surface area contributed by atoms with E-state index in [0.29, 0.717) is 0 Å². The van der Waals surface area contributed by atoms with Crippen molar-refractivity contribution in [2.45, 2.75) is 45.6 Å². The van der Waals surface area contributed by atoms with Crippen molar-refractivity contribution in [1.29, 1.82) is 0 Å². The summed E-state index contributed by atoms with van der Waals surface area (Å²) in [6.45, 7) is 2.18. The fourth-order valence-corrected chi connectivity index (χ4v) is 3.64. The number of aromatic nitrogens is 5. The lowest BCUT2D eigenvalue weighted by atomic mass is 9.87. The highest BCUT2D eigenvalue weighted by atomic mass is 16.1. The predicted molar refractivity (Wildman–Crippen MR) is 106 cm³/mol. The summed E-state index contributed by atoms with van der Waals surface area (Å²) in [6.07, 6.45) is 10.0. The number of pyridine rings is 1. The zero-order valence-electron chi connectivity index (χ0n) is 15.9. The van der Waals surface area contributed by atoms with Crippen molar-refractivity contribution in [3.63, 3.8) is 0 Å². The second-order valence-corrected chi connectivity index (χ2v) is 7.31. The molecule has 1 aliphatic rings. The van der Waals surface area contributed by atoms with Crippen LogP contribution in [0.15, 0.2) is 47.7 Å². The fourth-order valence-electron chi connectivity index (χ4n) is 3.64. The summed E-state index contributed by atoms with van der Waals surface area (Å²) >= 11 is 0. The average Bonchev–Trinajstić information content (AvgIpc) is 3.17. The number of nitrogens with zero attached hydrogens (tertiary/aromatic N) is 5. The number of hydrogen-bond acceptors (Lipinski definition) is 5. The van der Waals surface area contributed by atoms with Gasteiger partial charge < -0.3 is 0 Å².